The highest BCUT2D eigenvalue weighted by Crippen LogP contribution is 2.42. The number of hydrogen-bond acceptors (Lipinski definition) is 6. The summed E-state index contributed by atoms with van der Waals surface area (Å²) in [5.41, 5.74) is 2.97. The van der Waals surface area contributed by atoms with Gasteiger partial charge in [0.15, 0.2) is 5.75 Å². The first kappa shape index (κ1) is 25.6. The van der Waals surface area contributed by atoms with Gasteiger partial charge in [-0.3, -0.25) is 9.59 Å². The Morgan fingerprint density at radius 1 is 1.08 bits per heavy atom. The van der Waals surface area contributed by atoms with Gasteiger partial charge in [0.25, 0.3) is 5.91 Å². The molecule has 2 fully saturated rings. The van der Waals surface area contributed by atoms with Crippen molar-refractivity contribution in [1.29, 1.82) is 5.26 Å². The molecule has 0 unspecified atom stereocenters. The van der Waals surface area contributed by atoms with E-state index in [2.05, 4.69) is 22.6 Å². The number of rotatable bonds is 6. The molecule has 1 saturated carbocycles. The van der Waals surface area contributed by atoms with Gasteiger partial charge < -0.3 is 24.3 Å². The second kappa shape index (κ2) is 10.7. The lowest BCUT2D eigenvalue weighted by Crippen LogP contribution is -2.40. The van der Waals surface area contributed by atoms with Crippen molar-refractivity contribution in [3.8, 4) is 17.6 Å². The number of nitriles is 1. The Hall–Kier alpha value is -4.06. The maximum Gasteiger partial charge on any atom is 0.255 e. The molecule has 38 heavy (non-hydrogen) atoms. The van der Waals surface area contributed by atoms with Gasteiger partial charge in [-0.2, -0.15) is 5.26 Å². The molecule has 5 rings (SSSR count). The van der Waals surface area contributed by atoms with Gasteiger partial charge in [-0.05, 0) is 55.4 Å². The lowest BCUT2D eigenvalue weighted by Gasteiger charge is -2.33. The number of hydrogen-bond donors (Lipinski definition) is 1. The van der Waals surface area contributed by atoms with Crippen LogP contribution >= 0.6 is 0 Å². The number of methoxy groups -OCH3 is 2. The maximum atomic E-state index is 13.2. The molecule has 2 aliphatic rings. The zero-order chi connectivity index (χ0) is 26.8. The Balaban J connectivity index is 1.41. The summed E-state index contributed by atoms with van der Waals surface area (Å²) in [5.74, 6) is 1.36. The van der Waals surface area contributed by atoms with Crippen molar-refractivity contribution in [3.05, 3.63) is 47.3 Å². The van der Waals surface area contributed by atoms with Crippen molar-refractivity contribution in [2.24, 2.45) is 13.0 Å². The monoisotopic (exact) mass is 515 g/mol. The van der Waals surface area contributed by atoms with Crippen LogP contribution in [0.2, 0.25) is 0 Å². The molecule has 1 aliphatic heterocycles. The van der Waals surface area contributed by atoms with E-state index in [4.69, 9.17) is 9.47 Å². The summed E-state index contributed by atoms with van der Waals surface area (Å²) >= 11 is 0. The number of carbonyl (C=O) groups excluding carboxylic acids is 2. The van der Waals surface area contributed by atoms with Gasteiger partial charge in [-0.1, -0.05) is 12.8 Å². The van der Waals surface area contributed by atoms with Crippen molar-refractivity contribution in [2.45, 2.75) is 44.4 Å². The van der Waals surface area contributed by atoms with E-state index >= 15 is 0 Å². The van der Waals surface area contributed by atoms with E-state index in [1.165, 1.54) is 13.2 Å². The number of pyridine rings is 1. The molecule has 1 aromatic carbocycles. The molecule has 9 nitrogen and oxygen atoms in total. The molecule has 3 aromatic rings. The number of anilines is 1. The number of amides is 2. The Morgan fingerprint density at radius 2 is 1.82 bits per heavy atom. The third-order valence-corrected chi connectivity index (χ3v) is 7.90. The summed E-state index contributed by atoms with van der Waals surface area (Å²) in [7, 11) is 5.03. The molecule has 0 atom stereocenters. The highest BCUT2D eigenvalue weighted by atomic mass is 16.5. The van der Waals surface area contributed by atoms with E-state index in [-0.39, 0.29) is 11.8 Å². The molecule has 1 aliphatic carbocycles. The Labute approximate surface area is 222 Å². The number of aromatic nitrogens is 2. The predicted molar refractivity (Wildman–Crippen MR) is 143 cm³/mol. The van der Waals surface area contributed by atoms with Crippen LogP contribution in [-0.4, -0.2) is 53.6 Å². The molecule has 9 heteroatoms. The van der Waals surface area contributed by atoms with Gasteiger partial charge in [0.05, 0.1) is 37.4 Å². The first-order chi connectivity index (χ1) is 18.4. The number of ether oxygens (including phenoxy) is 2. The summed E-state index contributed by atoms with van der Waals surface area (Å²) in [5, 5.41) is 13.1. The largest absolute Gasteiger partial charge is 0.497 e. The van der Waals surface area contributed by atoms with Crippen LogP contribution in [0.5, 0.6) is 11.5 Å². The van der Waals surface area contributed by atoms with E-state index in [9.17, 15) is 14.9 Å². The SMILES string of the molecule is COc1cc(C#N)cc(C(=O)Nc2cnc3c(c(C4CCN(C(=O)C5CCCC5)CC4)cn3C)c2OC)c1. The number of carbonyl (C=O) groups is 2. The highest BCUT2D eigenvalue weighted by Gasteiger charge is 2.32. The van der Waals surface area contributed by atoms with Crippen LogP contribution in [0, 0.1) is 17.2 Å². The van der Waals surface area contributed by atoms with Crippen LogP contribution in [0.3, 0.4) is 0 Å². The zero-order valence-electron chi connectivity index (χ0n) is 22.1. The number of likely N-dealkylation sites (tertiary alicyclic amines) is 1. The quantitative estimate of drug-likeness (QED) is 0.513. The molecule has 1 N–H and O–H groups in total. The van der Waals surface area contributed by atoms with Gasteiger partial charge in [0.1, 0.15) is 17.1 Å². The standard InChI is InChI=1S/C29H33N5O4/c1-33-17-23(19-8-10-34(11-9-19)29(36)20-6-4-5-7-20)25-26(38-3)24(16-31-27(25)33)32-28(35)21-12-18(15-30)13-22(14-21)37-2/h12-14,16-17,19-20H,4-11H2,1-3H3,(H,32,35). The normalized spacial score (nSPS) is 16.4. The number of benzene rings is 1. The fourth-order valence-electron chi connectivity index (χ4n) is 5.91. The maximum absolute atomic E-state index is 13.2. The number of fused-ring (bicyclic) bond motifs is 1. The summed E-state index contributed by atoms with van der Waals surface area (Å²) < 4.78 is 13.1. The van der Waals surface area contributed by atoms with Crippen molar-refractivity contribution in [2.75, 3.05) is 32.6 Å². The Morgan fingerprint density at radius 3 is 2.47 bits per heavy atom. The first-order valence-electron chi connectivity index (χ1n) is 13.1. The number of piperidine rings is 1. The summed E-state index contributed by atoms with van der Waals surface area (Å²) in [6.07, 6.45) is 9.79. The summed E-state index contributed by atoms with van der Waals surface area (Å²) in [4.78, 5) is 32.8. The molecular formula is C29H33N5O4. The van der Waals surface area contributed by atoms with Crippen molar-refractivity contribution >= 4 is 28.5 Å². The van der Waals surface area contributed by atoms with Gasteiger partial charge in [0, 0.05) is 37.8 Å². The topological polar surface area (TPSA) is 109 Å². The van der Waals surface area contributed by atoms with Crippen LogP contribution in [0.15, 0.2) is 30.6 Å². The van der Waals surface area contributed by atoms with Gasteiger partial charge in [0.2, 0.25) is 5.91 Å². The minimum Gasteiger partial charge on any atom is -0.497 e. The smallest absolute Gasteiger partial charge is 0.255 e. The fraction of sp³-hybridized carbons (Fsp3) is 0.448. The van der Waals surface area contributed by atoms with Gasteiger partial charge in [-0.25, -0.2) is 4.98 Å². The van der Waals surface area contributed by atoms with Crippen molar-refractivity contribution in [3.63, 3.8) is 0 Å². The molecular weight excluding hydrogens is 482 g/mol. The molecule has 2 aromatic heterocycles. The van der Waals surface area contributed by atoms with E-state index in [1.807, 2.05) is 16.5 Å². The van der Waals surface area contributed by atoms with E-state index in [0.29, 0.717) is 34.2 Å². The fourth-order valence-corrected chi connectivity index (χ4v) is 5.91. The van der Waals surface area contributed by atoms with E-state index in [1.54, 1.807) is 25.4 Å². The van der Waals surface area contributed by atoms with Crippen LogP contribution in [0.4, 0.5) is 5.69 Å². The number of aryl methyl sites for hydroxylation is 1. The predicted octanol–water partition coefficient (Wildman–Crippen LogP) is 4.61. The molecule has 2 amide bonds. The van der Waals surface area contributed by atoms with Crippen LogP contribution < -0.4 is 14.8 Å². The van der Waals surface area contributed by atoms with Crippen molar-refractivity contribution < 1.29 is 19.1 Å². The molecule has 0 radical (unpaired) electrons. The molecule has 3 heterocycles. The van der Waals surface area contributed by atoms with Crippen LogP contribution in [0.1, 0.15) is 65.9 Å². The summed E-state index contributed by atoms with van der Waals surface area (Å²) in [6, 6.07) is 6.74. The van der Waals surface area contributed by atoms with E-state index in [0.717, 1.165) is 68.2 Å². The van der Waals surface area contributed by atoms with E-state index < -0.39 is 5.91 Å². The third kappa shape index (κ3) is 4.78. The molecule has 0 spiro atoms. The number of nitrogens with zero attached hydrogens (tertiary/aromatic N) is 4. The Kier molecular flexibility index (Phi) is 7.23. The van der Waals surface area contributed by atoms with Gasteiger partial charge >= 0.3 is 0 Å². The van der Waals surface area contributed by atoms with Crippen LogP contribution in [0.25, 0.3) is 11.0 Å². The highest BCUT2D eigenvalue weighted by molar-refractivity contribution is 6.07. The average molecular weight is 516 g/mol. The minimum absolute atomic E-state index is 0.202. The molecule has 1 saturated heterocycles. The lowest BCUT2D eigenvalue weighted by molar-refractivity contribution is -0.136. The third-order valence-electron chi connectivity index (χ3n) is 7.90. The average Bonchev–Trinajstić information content (AvgIpc) is 3.61. The van der Waals surface area contributed by atoms with Gasteiger partial charge in [-0.15, -0.1) is 0 Å². The zero-order valence-corrected chi connectivity index (χ0v) is 22.1. The first-order valence-corrected chi connectivity index (χ1v) is 13.1. The Bertz CT molecular complexity index is 1410. The second-order valence-corrected chi connectivity index (χ2v) is 10.2. The van der Waals surface area contributed by atoms with Crippen molar-refractivity contribution in [1.82, 2.24) is 14.5 Å². The number of nitrogens with one attached hydrogen (secondary N) is 1. The molecule has 198 valence electrons. The minimum atomic E-state index is -0.393. The summed E-state index contributed by atoms with van der Waals surface area (Å²) in [6.45, 7) is 1.50. The lowest BCUT2D eigenvalue weighted by atomic mass is 9.88. The second-order valence-electron chi connectivity index (χ2n) is 10.2. The molecule has 0 bridgehead atoms. The van der Waals surface area contributed by atoms with Crippen LogP contribution in [-0.2, 0) is 11.8 Å².